The summed E-state index contributed by atoms with van der Waals surface area (Å²) in [6, 6.07) is 0. The van der Waals surface area contributed by atoms with Gasteiger partial charge in [0.25, 0.3) is 0 Å². The van der Waals surface area contributed by atoms with Crippen LogP contribution in [-0.4, -0.2) is 6.54 Å². The van der Waals surface area contributed by atoms with Gasteiger partial charge in [-0.25, -0.2) is 0 Å². The van der Waals surface area contributed by atoms with Crippen LogP contribution in [0.2, 0.25) is 0 Å². The first-order chi connectivity index (χ1) is 6.26. The van der Waals surface area contributed by atoms with Gasteiger partial charge in [-0.3, -0.25) is 0 Å². The zero-order chi connectivity index (χ0) is 9.73. The van der Waals surface area contributed by atoms with Crippen molar-refractivity contribution >= 4 is 0 Å². The molecule has 0 heterocycles. The van der Waals surface area contributed by atoms with Gasteiger partial charge in [-0.15, -0.1) is 0 Å². The molecule has 13 heavy (non-hydrogen) atoms. The third-order valence-corrected chi connectivity index (χ3v) is 3.66. The van der Waals surface area contributed by atoms with Crippen molar-refractivity contribution in [2.75, 3.05) is 6.54 Å². The van der Waals surface area contributed by atoms with E-state index in [0.717, 1.165) is 12.5 Å². The Bertz CT molecular complexity index is 138. The maximum absolute atomic E-state index is 5.80. The Morgan fingerprint density at radius 1 is 1.31 bits per heavy atom. The SMILES string of the molecule is CCCCC(CC)CC1(CN)CC1. The molecule has 0 aromatic rings. The van der Waals surface area contributed by atoms with Gasteiger partial charge in [0.2, 0.25) is 0 Å². The fourth-order valence-corrected chi connectivity index (χ4v) is 2.22. The molecule has 2 N–H and O–H groups in total. The molecule has 1 heteroatoms. The van der Waals surface area contributed by atoms with E-state index in [2.05, 4.69) is 13.8 Å². The summed E-state index contributed by atoms with van der Waals surface area (Å²) in [7, 11) is 0. The zero-order valence-electron chi connectivity index (χ0n) is 9.31. The standard InChI is InChI=1S/C12H25N/c1-3-5-6-11(4-2)9-12(10-13)7-8-12/h11H,3-10,13H2,1-2H3. The molecule has 0 amide bonds. The van der Waals surface area contributed by atoms with Crippen LogP contribution in [0.25, 0.3) is 0 Å². The first-order valence-electron chi connectivity index (χ1n) is 5.96. The van der Waals surface area contributed by atoms with Crippen molar-refractivity contribution in [3.05, 3.63) is 0 Å². The third-order valence-electron chi connectivity index (χ3n) is 3.66. The summed E-state index contributed by atoms with van der Waals surface area (Å²) < 4.78 is 0. The monoisotopic (exact) mass is 183 g/mol. The maximum atomic E-state index is 5.80. The van der Waals surface area contributed by atoms with Crippen LogP contribution in [0.5, 0.6) is 0 Å². The summed E-state index contributed by atoms with van der Waals surface area (Å²) >= 11 is 0. The van der Waals surface area contributed by atoms with Crippen LogP contribution in [0.15, 0.2) is 0 Å². The Kier molecular flexibility index (Phi) is 4.24. The molecule has 0 bridgehead atoms. The van der Waals surface area contributed by atoms with Crippen molar-refractivity contribution in [1.82, 2.24) is 0 Å². The molecule has 1 atom stereocenters. The van der Waals surface area contributed by atoms with Crippen LogP contribution in [-0.2, 0) is 0 Å². The van der Waals surface area contributed by atoms with Gasteiger partial charge < -0.3 is 5.73 Å². The Morgan fingerprint density at radius 2 is 2.00 bits per heavy atom. The molecule has 1 fully saturated rings. The lowest BCUT2D eigenvalue weighted by Crippen LogP contribution is -2.19. The Balaban J connectivity index is 2.22. The minimum Gasteiger partial charge on any atom is -0.330 e. The fraction of sp³-hybridized carbons (Fsp3) is 1.00. The second-order valence-corrected chi connectivity index (χ2v) is 4.82. The van der Waals surface area contributed by atoms with E-state index in [0.29, 0.717) is 5.41 Å². The smallest absolute Gasteiger partial charge is 0.00204 e. The van der Waals surface area contributed by atoms with Crippen molar-refractivity contribution in [1.29, 1.82) is 0 Å². The maximum Gasteiger partial charge on any atom is -0.00204 e. The van der Waals surface area contributed by atoms with Crippen LogP contribution in [0, 0.1) is 11.3 Å². The molecule has 0 aromatic carbocycles. The highest BCUT2D eigenvalue weighted by Crippen LogP contribution is 2.50. The van der Waals surface area contributed by atoms with Crippen LogP contribution >= 0.6 is 0 Å². The van der Waals surface area contributed by atoms with E-state index in [-0.39, 0.29) is 0 Å². The van der Waals surface area contributed by atoms with Gasteiger partial charge in [-0.05, 0) is 37.1 Å². The van der Waals surface area contributed by atoms with Crippen molar-refractivity contribution in [3.63, 3.8) is 0 Å². The van der Waals surface area contributed by atoms with Crippen molar-refractivity contribution in [2.45, 2.75) is 58.8 Å². The van der Waals surface area contributed by atoms with E-state index in [1.165, 1.54) is 44.9 Å². The average Bonchev–Trinajstić information content (AvgIpc) is 2.93. The summed E-state index contributed by atoms with van der Waals surface area (Å²) in [6.45, 7) is 5.53. The minimum atomic E-state index is 0.592. The van der Waals surface area contributed by atoms with Crippen LogP contribution in [0.3, 0.4) is 0 Å². The third kappa shape index (κ3) is 3.30. The van der Waals surface area contributed by atoms with Crippen molar-refractivity contribution < 1.29 is 0 Å². The Hall–Kier alpha value is -0.0400. The van der Waals surface area contributed by atoms with Gasteiger partial charge in [-0.2, -0.15) is 0 Å². The predicted molar refractivity (Wildman–Crippen MR) is 58.6 cm³/mol. The van der Waals surface area contributed by atoms with E-state index >= 15 is 0 Å². The molecule has 0 saturated heterocycles. The topological polar surface area (TPSA) is 26.0 Å². The average molecular weight is 183 g/mol. The molecular weight excluding hydrogens is 158 g/mol. The highest BCUT2D eigenvalue weighted by atomic mass is 14.7. The molecule has 1 unspecified atom stereocenters. The summed E-state index contributed by atoms with van der Waals surface area (Å²) in [5, 5.41) is 0. The highest BCUT2D eigenvalue weighted by molar-refractivity contribution is 4.95. The molecule has 1 saturated carbocycles. The van der Waals surface area contributed by atoms with Gasteiger partial charge in [0.1, 0.15) is 0 Å². The van der Waals surface area contributed by atoms with Gasteiger partial charge in [0.15, 0.2) is 0 Å². The van der Waals surface area contributed by atoms with Crippen LogP contribution in [0.4, 0.5) is 0 Å². The second kappa shape index (κ2) is 4.99. The molecule has 78 valence electrons. The summed E-state index contributed by atoms with van der Waals surface area (Å²) in [6.07, 6.45) is 9.71. The van der Waals surface area contributed by atoms with Gasteiger partial charge >= 0.3 is 0 Å². The molecule has 1 aliphatic carbocycles. The molecular formula is C12H25N. The summed E-state index contributed by atoms with van der Waals surface area (Å²) in [5.74, 6) is 0.950. The van der Waals surface area contributed by atoms with Crippen LogP contribution < -0.4 is 5.73 Å². The molecule has 1 aliphatic rings. The Morgan fingerprint density at radius 3 is 2.38 bits per heavy atom. The van der Waals surface area contributed by atoms with E-state index in [1.54, 1.807) is 0 Å². The largest absolute Gasteiger partial charge is 0.330 e. The van der Waals surface area contributed by atoms with E-state index in [1.807, 2.05) is 0 Å². The van der Waals surface area contributed by atoms with Crippen molar-refractivity contribution in [3.8, 4) is 0 Å². The summed E-state index contributed by atoms with van der Waals surface area (Å²) in [4.78, 5) is 0. The minimum absolute atomic E-state index is 0.592. The first-order valence-corrected chi connectivity index (χ1v) is 5.96. The predicted octanol–water partition coefficient (Wildman–Crippen LogP) is 3.33. The summed E-state index contributed by atoms with van der Waals surface area (Å²) in [5.41, 5.74) is 6.39. The van der Waals surface area contributed by atoms with E-state index in [4.69, 9.17) is 5.73 Å². The highest BCUT2D eigenvalue weighted by Gasteiger charge is 2.41. The number of hydrogen-bond donors (Lipinski definition) is 1. The molecule has 1 rings (SSSR count). The lowest BCUT2D eigenvalue weighted by Gasteiger charge is -2.20. The Labute approximate surface area is 83.1 Å². The number of rotatable bonds is 7. The normalized spacial score (nSPS) is 21.5. The van der Waals surface area contributed by atoms with Crippen molar-refractivity contribution in [2.24, 2.45) is 17.1 Å². The second-order valence-electron chi connectivity index (χ2n) is 4.82. The molecule has 0 aliphatic heterocycles. The zero-order valence-corrected chi connectivity index (χ0v) is 9.31. The van der Waals surface area contributed by atoms with E-state index < -0.39 is 0 Å². The molecule has 0 aromatic heterocycles. The number of hydrogen-bond acceptors (Lipinski definition) is 1. The van der Waals surface area contributed by atoms with Gasteiger partial charge in [-0.1, -0.05) is 39.5 Å². The van der Waals surface area contributed by atoms with Crippen LogP contribution in [0.1, 0.15) is 58.8 Å². The van der Waals surface area contributed by atoms with E-state index in [9.17, 15) is 0 Å². The fourth-order valence-electron chi connectivity index (χ4n) is 2.22. The molecule has 0 radical (unpaired) electrons. The molecule has 0 spiro atoms. The van der Waals surface area contributed by atoms with Gasteiger partial charge in [0.05, 0.1) is 0 Å². The molecule has 1 nitrogen and oxygen atoms in total. The number of nitrogens with two attached hydrogens (primary N) is 1. The number of unbranched alkanes of at least 4 members (excludes halogenated alkanes) is 1. The lowest BCUT2D eigenvalue weighted by molar-refractivity contribution is 0.326. The van der Waals surface area contributed by atoms with Gasteiger partial charge in [0, 0.05) is 0 Å². The first kappa shape index (κ1) is 11.0. The quantitative estimate of drug-likeness (QED) is 0.643. The lowest BCUT2D eigenvalue weighted by atomic mass is 9.87.